The Hall–Kier alpha value is -1.76. The van der Waals surface area contributed by atoms with Gasteiger partial charge in [-0.1, -0.05) is 17.7 Å². The highest BCUT2D eigenvalue weighted by molar-refractivity contribution is 7.89. The molecule has 0 heterocycles. The first kappa shape index (κ1) is 18.6. The van der Waals surface area contributed by atoms with Gasteiger partial charge in [0.2, 0.25) is 10.0 Å². The van der Waals surface area contributed by atoms with Gasteiger partial charge < -0.3 is 9.47 Å². The maximum Gasteiger partial charge on any atom is 0.244 e. The summed E-state index contributed by atoms with van der Waals surface area (Å²) in [7, 11) is -2.23. The van der Waals surface area contributed by atoms with E-state index >= 15 is 0 Å². The highest BCUT2D eigenvalue weighted by atomic mass is 35.5. The van der Waals surface area contributed by atoms with Crippen LogP contribution in [0.2, 0.25) is 5.02 Å². The molecule has 2 aromatic carbocycles. The van der Waals surface area contributed by atoms with E-state index in [1.807, 2.05) is 13.8 Å². The van der Waals surface area contributed by atoms with Crippen LogP contribution in [0.15, 0.2) is 41.3 Å². The quantitative estimate of drug-likeness (QED) is 0.760. The lowest BCUT2D eigenvalue weighted by molar-refractivity contribution is 0.320. The number of benzene rings is 2. The van der Waals surface area contributed by atoms with Crippen molar-refractivity contribution in [1.82, 2.24) is 4.72 Å². The van der Waals surface area contributed by atoms with E-state index in [0.717, 1.165) is 11.1 Å². The maximum absolute atomic E-state index is 12.4. The third-order valence-electron chi connectivity index (χ3n) is 3.40. The molecule has 0 radical (unpaired) electrons. The molecule has 2 aromatic rings. The summed E-state index contributed by atoms with van der Waals surface area (Å²) in [6, 6.07) is 10.3. The lowest BCUT2D eigenvalue weighted by atomic mass is 10.2. The van der Waals surface area contributed by atoms with Gasteiger partial charge in [-0.15, -0.1) is 0 Å². The van der Waals surface area contributed by atoms with Gasteiger partial charge in [0, 0.05) is 11.6 Å². The third kappa shape index (κ3) is 4.63. The lowest BCUT2D eigenvalue weighted by Crippen LogP contribution is -2.28. The summed E-state index contributed by atoms with van der Waals surface area (Å²) in [5.41, 5.74) is 1.73. The Kier molecular flexibility index (Phi) is 6.10. The van der Waals surface area contributed by atoms with Gasteiger partial charge in [-0.2, -0.15) is 0 Å². The summed E-state index contributed by atoms with van der Waals surface area (Å²) >= 11 is 5.89. The first-order valence-corrected chi connectivity index (χ1v) is 9.23. The molecule has 0 aliphatic carbocycles. The second kappa shape index (κ2) is 7.88. The van der Waals surface area contributed by atoms with Gasteiger partial charge in [0.25, 0.3) is 0 Å². The summed E-state index contributed by atoms with van der Waals surface area (Å²) in [5, 5.41) is 0.632. The van der Waals surface area contributed by atoms with Gasteiger partial charge in [-0.25, -0.2) is 13.1 Å². The van der Waals surface area contributed by atoms with Crippen LogP contribution in [-0.4, -0.2) is 28.7 Å². The smallest absolute Gasteiger partial charge is 0.244 e. The van der Waals surface area contributed by atoms with E-state index in [9.17, 15) is 8.42 Å². The van der Waals surface area contributed by atoms with Crippen molar-refractivity contribution in [3.05, 3.63) is 52.5 Å². The summed E-state index contributed by atoms with van der Waals surface area (Å²) in [5.74, 6) is 0.981. The van der Waals surface area contributed by atoms with Crippen LogP contribution in [0.1, 0.15) is 11.1 Å². The van der Waals surface area contributed by atoms with Crippen LogP contribution >= 0.6 is 11.6 Å². The normalized spacial score (nSPS) is 11.3. The Bertz CT molecular complexity index is 821. The molecule has 5 nitrogen and oxygen atoms in total. The fourth-order valence-corrected chi connectivity index (χ4v) is 3.67. The van der Waals surface area contributed by atoms with E-state index in [0.29, 0.717) is 16.5 Å². The largest absolute Gasteiger partial charge is 0.495 e. The molecule has 0 atom stereocenters. The van der Waals surface area contributed by atoms with Crippen LogP contribution in [0.4, 0.5) is 0 Å². The molecule has 7 heteroatoms. The van der Waals surface area contributed by atoms with Crippen molar-refractivity contribution in [2.24, 2.45) is 0 Å². The molecule has 0 aromatic heterocycles. The number of halogens is 1. The average molecular weight is 370 g/mol. The second-order valence-electron chi connectivity index (χ2n) is 5.31. The van der Waals surface area contributed by atoms with Gasteiger partial charge >= 0.3 is 0 Å². The predicted molar refractivity (Wildman–Crippen MR) is 94.6 cm³/mol. The molecule has 0 saturated heterocycles. The van der Waals surface area contributed by atoms with E-state index in [2.05, 4.69) is 4.72 Å². The SMILES string of the molecule is COc1ccc(C)cc1S(=O)(=O)NCCOc1ccc(Cl)cc1C. The van der Waals surface area contributed by atoms with Gasteiger partial charge in [-0.3, -0.25) is 0 Å². The van der Waals surface area contributed by atoms with Crippen LogP contribution < -0.4 is 14.2 Å². The van der Waals surface area contributed by atoms with E-state index in [-0.39, 0.29) is 18.0 Å². The average Bonchev–Trinajstić information content (AvgIpc) is 2.53. The molecule has 0 unspecified atom stereocenters. The van der Waals surface area contributed by atoms with Crippen molar-refractivity contribution in [3.8, 4) is 11.5 Å². The first-order chi connectivity index (χ1) is 11.3. The number of aryl methyl sites for hydroxylation is 2. The van der Waals surface area contributed by atoms with Crippen LogP contribution in [0.5, 0.6) is 11.5 Å². The maximum atomic E-state index is 12.4. The molecule has 0 fully saturated rings. The highest BCUT2D eigenvalue weighted by Crippen LogP contribution is 2.24. The summed E-state index contributed by atoms with van der Waals surface area (Å²) < 4.78 is 38.1. The Morgan fingerprint density at radius 2 is 1.79 bits per heavy atom. The number of sulfonamides is 1. The standard InChI is InChI=1S/C17H20ClNO4S/c1-12-4-6-16(22-3)17(10-12)24(20,21)19-8-9-23-15-7-5-14(18)11-13(15)2/h4-7,10-11,19H,8-9H2,1-3H3. The summed E-state index contributed by atoms with van der Waals surface area (Å²) in [6.07, 6.45) is 0. The minimum absolute atomic E-state index is 0.118. The zero-order valence-corrected chi connectivity index (χ0v) is 15.4. The van der Waals surface area contributed by atoms with E-state index in [1.165, 1.54) is 7.11 Å². The third-order valence-corrected chi connectivity index (χ3v) is 5.11. The predicted octanol–water partition coefficient (Wildman–Crippen LogP) is 3.32. The van der Waals surface area contributed by atoms with E-state index in [1.54, 1.807) is 36.4 Å². The van der Waals surface area contributed by atoms with Crippen molar-refractivity contribution in [2.45, 2.75) is 18.7 Å². The zero-order chi connectivity index (χ0) is 17.7. The molecule has 0 saturated carbocycles. The van der Waals surface area contributed by atoms with Crippen molar-refractivity contribution in [3.63, 3.8) is 0 Å². The van der Waals surface area contributed by atoms with Crippen LogP contribution in [0.3, 0.4) is 0 Å². The summed E-state index contributed by atoms with van der Waals surface area (Å²) in [6.45, 7) is 4.05. The van der Waals surface area contributed by atoms with E-state index in [4.69, 9.17) is 21.1 Å². The molecular formula is C17H20ClNO4S. The van der Waals surface area contributed by atoms with Crippen LogP contribution in [-0.2, 0) is 10.0 Å². The number of methoxy groups -OCH3 is 1. The number of ether oxygens (including phenoxy) is 2. The van der Waals surface area contributed by atoms with Crippen molar-refractivity contribution >= 4 is 21.6 Å². The molecule has 2 rings (SSSR count). The molecule has 0 aliphatic heterocycles. The Balaban J connectivity index is 1.99. The highest BCUT2D eigenvalue weighted by Gasteiger charge is 2.19. The van der Waals surface area contributed by atoms with Crippen LogP contribution in [0, 0.1) is 13.8 Å². The molecule has 24 heavy (non-hydrogen) atoms. The van der Waals surface area contributed by atoms with E-state index < -0.39 is 10.0 Å². The fourth-order valence-electron chi connectivity index (χ4n) is 2.18. The summed E-state index contributed by atoms with van der Waals surface area (Å²) in [4.78, 5) is 0.118. The first-order valence-electron chi connectivity index (χ1n) is 7.37. The fraction of sp³-hybridized carbons (Fsp3) is 0.294. The van der Waals surface area contributed by atoms with Crippen molar-refractivity contribution < 1.29 is 17.9 Å². The molecule has 0 amide bonds. The second-order valence-corrected chi connectivity index (χ2v) is 7.48. The van der Waals surface area contributed by atoms with Crippen LogP contribution in [0.25, 0.3) is 0 Å². The number of nitrogens with one attached hydrogen (secondary N) is 1. The minimum Gasteiger partial charge on any atom is -0.495 e. The molecule has 130 valence electrons. The minimum atomic E-state index is -3.67. The van der Waals surface area contributed by atoms with Gasteiger partial charge in [0.15, 0.2) is 0 Å². The monoisotopic (exact) mass is 369 g/mol. The van der Waals surface area contributed by atoms with Gasteiger partial charge in [0.05, 0.1) is 7.11 Å². The van der Waals surface area contributed by atoms with Gasteiger partial charge in [-0.05, 0) is 55.3 Å². The lowest BCUT2D eigenvalue weighted by Gasteiger charge is -2.13. The Labute approximate surface area is 147 Å². The number of rotatable bonds is 7. The molecular weight excluding hydrogens is 350 g/mol. The zero-order valence-electron chi connectivity index (χ0n) is 13.8. The molecule has 0 bridgehead atoms. The van der Waals surface area contributed by atoms with Crippen molar-refractivity contribution in [1.29, 1.82) is 0 Å². The topological polar surface area (TPSA) is 64.6 Å². The molecule has 1 N–H and O–H groups in total. The Morgan fingerprint density at radius 1 is 1.08 bits per heavy atom. The molecule has 0 spiro atoms. The van der Waals surface area contributed by atoms with Gasteiger partial charge in [0.1, 0.15) is 23.0 Å². The van der Waals surface area contributed by atoms with Crippen molar-refractivity contribution in [2.75, 3.05) is 20.3 Å². The molecule has 0 aliphatic rings. The Morgan fingerprint density at radius 3 is 2.46 bits per heavy atom. The number of hydrogen-bond donors (Lipinski definition) is 1. The number of hydrogen-bond acceptors (Lipinski definition) is 4.